The van der Waals surface area contributed by atoms with Gasteiger partial charge in [0.2, 0.25) is 0 Å². The third-order valence-corrected chi connectivity index (χ3v) is 1.89. The first-order chi connectivity index (χ1) is 5.83. The van der Waals surface area contributed by atoms with Gasteiger partial charge in [-0.15, -0.1) is 6.42 Å². The lowest BCUT2D eigenvalue weighted by Crippen LogP contribution is -2.27. The van der Waals surface area contributed by atoms with Crippen molar-refractivity contribution in [2.45, 2.75) is 6.42 Å². The summed E-state index contributed by atoms with van der Waals surface area (Å²) in [6.07, 6.45) is 8.44. The smallest absolute Gasteiger partial charge is 0.107 e. The molecule has 0 aromatic heterocycles. The molecule has 0 unspecified atom stereocenters. The molecule has 0 radical (unpaired) electrons. The molecule has 0 aliphatic carbocycles. The number of ether oxygens (including phenoxy) is 1. The molecule has 0 atom stereocenters. The highest BCUT2D eigenvalue weighted by Crippen LogP contribution is 2.07. The second kappa shape index (κ2) is 4.97. The van der Waals surface area contributed by atoms with Crippen LogP contribution >= 0.6 is 0 Å². The number of likely N-dealkylation sites (N-methyl/N-ethyl adjacent to an activating group) is 1. The highest BCUT2D eigenvalue weighted by molar-refractivity contribution is 5.08. The summed E-state index contributed by atoms with van der Waals surface area (Å²) in [5.74, 6) is 2.46. The van der Waals surface area contributed by atoms with Crippen LogP contribution in [0.5, 0.6) is 0 Å². The number of nitrogens with zero attached hydrogens (tertiary/aromatic N) is 1. The lowest BCUT2D eigenvalue weighted by molar-refractivity contribution is 0.181. The van der Waals surface area contributed by atoms with Gasteiger partial charge < -0.3 is 9.64 Å². The van der Waals surface area contributed by atoms with Gasteiger partial charge in [-0.05, 0) is 19.0 Å². The van der Waals surface area contributed by atoms with Gasteiger partial charge in [-0.25, -0.2) is 0 Å². The average Bonchev–Trinajstić information content (AvgIpc) is 2.05. The van der Waals surface area contributed by atoms with Gasteiger partial charge in [0, 0.05) is 13.1 Å². The van der Waals surface area contributed by atoms with Crippen molar-refractivity contribution in [1.82, 2.24) is 4.90 Å². The van der Waals surface area contributed by atoms with Crippen molar-refractivity contribution in [2.24, 2.45) is 0 Å². The molecule has 0 N–H and O–H groups in total. The number of terminal acetylenes is 1. The summed E-state index contributed by atoms with van der Waals surface area (Å²) in [7, 11) is 2.12. The Kier molecular flexibility index (Phi) is 3.86. The van der Waals surface area contributed by atoms with Gasteiger partial charge in [0.05, 0.1) is 6.61 Å². The van der Waals surface area contributed by atoms with Crippen LogP contribution in [0.2, 0.25) is 0 Å². The van der Waals surface area contributed by atoms with Crippen LogP contribution in [-0.4, -0.2) is 38.3 Å². The van der Waals surface area contributed by atoms with Crippen molar-refractivity contribution in [1.29, 1.82) is 0 Å². The summed E-state index contributed by atoms with van der Waals surface area (Å²) in [6.45, 7) is 3.28. The zero-order chi connectivity index (χ0) is 8.81. The molecule has 0 bridgehead atoms. The van der Waals surface area contributed by atoms with Gasteiger partial charge in [-0.3, -0.25) is 0 Å². The van der Waals surface area contributed by atoms with Gasteiger partial charge in [0.1, 0.15) is 6.61 Å². The van der Waals surface area contributed by atoms with Gasteiger partial charge >= 0.3 is 0 Å². The predicted molar refractivity (Wildman–Crippen MR) is 49.8 cm³/mol. The Balaban J connectivity index is 2.23. The Hall–Kier alpha value is -0.780. The normalized spacial score (nSPS) is 18.5. The van der Waals surface area contributed by atoms with Crippen molar-refractivity contribution >= 4 is 0 Å². The predicted octanol–water partition coefficient (Wildman–Crippen LogP) is 0.898. The second-order valence-electron chi connectivity index (χ2n) is 3.09. The molecular formula is C10H15NO. The van der Waals surface area contributed by atoms with Gasteiger partial charge in [0.25, 0.3) is 0 Å². The second-order valence-corrected chi connectivity index (χ2v) is 3.09. The maximum absolute atomic E-state index is 5.24. The minimum Gasteiger partial charge on any atom is -0.364 e. The largest absolute Gasteiger partial charge is 0.364 e. The summed E-state index contributed by atoms with van der Waals surface area (Å²) in [4.78, 5) is 2.29. The van der Waals surface area contributed by atoms with E-state index < -0.39 is 0 Å². The maximum atomic E-state index is 5.24. The molecule has 1 aliphatic rings. The van der Waals surface area contributed by atoms with Crippen molar-refractivity contribution in [3.05, 3.63) is 11.6 Å². The lowest BCUT2D eigenvalue weighted by Gasteiger charge is -2.22. The first-order valence-electron chi connectivity index (χ1n) is 4.20. The van der Waals surface area contributed by atoms with Crippen molar-refractivity contribution in [2.75, 3.05) is 33.4 Å². The molecule has 12 heavy (non-hydrogen) atoms. The quantitative estimate of drug-likeness (QED) is 0.350. The Morgan fingerprint density at radius 1 is 1.75 bits per heavy atom. The van der Waals surface area contributed by atoms with E-state index in [1.54, 1.807) is 0 Å². The van der Waals surface area contributed by atoms with Crippen LogP contribution < -0.4 is 0 Å². The molecule has 0 saturated heterocycles. The summed E-state index contributed by atoms with van der Waals surface area (Å²) >= 11 is 0. The molecule has 0 saturated carbocycles. The van der Waals surface area contributed by atoms with Crippen LogP contribution in [0.25, 0.3) is 0 Å². The molecule has 1 heterocycles. The number of rotatable bonds is 3. The summed E-state index contributed by atoms with van der Waals surface area (Å²) < 4.78 is 5.24. The molecular weight excluding hydrogens is 150 g/mol. The van der Waals surface area contributed by atoms with Crippen LogP contribution in [0.3, 0.4) is 0 Å². The molecule has 1 rings (SSSR count). The minimum atomic E-state index is 0.418. The molecule has 0 amide bonds. The molecule has 2 nitrogen and oxygen atoms in total. The van der Waals surface area contributed by atoms with Crippen molar-refractivity contribution < 1.29 is 4.74 Å². The van der Waals surface area contributed by atoms with Crippen LogP contribution in [0.15, 0.2) is 11.6 Å². The van der Waals surface area contributed by atoms with E-state index in [2.05, 4.69) is 23.9 Å². The summed E-state index contributed by atoms with van der Waals surface area (Å²) in [5.41, 5.74) is 1.35. The molecule has 0 aromatic carbocycles. The number of hydrogen-bond donors (Lipinski definition) is 0. The minimum absolute atomic E-state index is 0.418. The Morgan fingerprint density at radius 2 is 2.58 bits per heavy atom. The van der Waals surface area contributed by atoms with E-state index in [-0.39, 0.29) is 0 Å². The fourth-order valence-corrected chi connectivity index (χ4v) is 1.32. The lowest BCUT2D eigenvalue weighted by atomic mass is 10.1. The van der Waals surface area contributed by atoms with E-state index in [0.717, 1.165) is 19.5 Å². The third-order valence-electron chi connectivity index (χ3n) is 1.89. The Labute approximate surface area is 74.2 Å². The maximum Gasteiger partial charge on any atom is 0.107 e. The van der Waals surface area contributed by atoms with E-state index >= 15 is 0 Å². The monoisotopic (exact) mass is 165 g/mol. The van der Waals surface area contributed by atoms with Crippen LogP contribution in [0, 0.1) is 12.3 Å². The van der Waals surface area contributed by atoms with Gasteiger partial charge in [0.15, 0.2) is 0 Å². The summed E-state index contributed by atoms with van der Waals surface area (Å²) in [5, 5.41) is 0. The SMILES string of the molecule is C#CCOCC1=CCCN(C)C1. The van der Waals surface area contributed by atoms with E-state index in [0.29, 0.717) is 13.2 Å². The van der Waals surface area contributed by atoms with E-state index in [1.807, 2.05) is 0 Å². The average molecular weight is 165 g/mol. The van der Waals surface area contributed by atoms with Crippen molar-refractivity contribution in [3.8, 4) is 12.3 Å². The van der Waals surface area contributed by atoms with Crippen molar-refractivity contribution in [3.63, 3.8) is 0 Å². The van der Waals surface area contributed by atoms with E-state index in [9.17, 15) is 0 Å². The Bertz CT molecular complexity index is 202. The van der Waals surface area contributed by atoms with E-state index in [4.69, 9.17) is 11.2 Å². The topological polar surface area (TPSA) is 12.5 Å². The molecule has 0 aromatic rings. The van der Waals surface area contributed by atoms with Gasteiger partial charge in [-0.2, -0.15) is 0 Å². The van der Waals surface area contributed by atoms with E-state index in [1.165, 1.54) is 5.57 Å². The van der Waals surface area contributed by atoms with Gasteiger partial charge in [-0.1, -0.05) is 12.0 Å². The first kappa shape index (κ1) is 9.31. The Morgan fingerprint density at radius 3 is 3.25 bits per heavy atom. The summed E-state index contributed by atoms with van der Waals surface area (Å²) in [6, 6.07) is 0. The standard InChI is InChI=1S/C10H15NO/c1-3-7-12-9-10-5-4-6-11(2)8-10/h1,5H,4,6-9H2,2H3. The fourth-order valence-electron chi connectivity index (χ4n) is 1.32. The van der Waals surface area contributed by atoms with Crippen LogP contribution in [0.4, 0.5) is 0 Å². The zero-order valence-corrected chi connectivity index (χ0v) is 7.55. The highest BCUT2D eigenvalue weighted by atomic mass is 16.5. The first-order valence-corrected chi connectivity index (χ1v) is 4.20. The number of hydrogen-bond acceptors (Lipinski definition) is 2. The molecule has 0 fully saturated rings. The molecule has 1 aliphatic heterocycles. The molecule has 66 valence electrons. The third kappa shape index (κ3) is 3.08. The fraction of sp³-hybridized carbons (Fsp3) is 0.600. The highest BCUT2D eigenvalue weighted by Gasteiger charge is 2.07. The molecule has 0 spiro atoms. The van der Waals surface area contributed by atoms with Crippen LogP contribution in [0.1, 0.15) is 6.42 Å². The van der Waals surface area contributed by atoms with Crippen LogP contribution in [-0.2, 0) is 4.74 Å². The molecule has 2 heteroatoms. The zero-order valence-electron chi connectivity index (χ0n) is 7.55.